The van der Waals surface area contributed by atoms with Gasteiger partial charge < -0.3 is 4.74 Å². The quantitative estimate of drug-likeness (QED) is 0.779. The normalized spacial score (nSPS) is 11.3. The molecule has 1 aromatic rings. The third-order valence-electron chi connectivity index (χ3n) is 2.34. The Morgan fingerprint density at radius 3 is 2.53 bits per heavy atom. The number of esters is 1. The van der Waals surface area contributed by atoms with Crippen LogP contribution in [-0.4, -0.2) is 13.1 Å². The van der Waals surface area contributed by atoms with Gasteiger partial charge in [0.2, 0.25) is 0 Å². The van der Waals surface area contributed by atoms with Crippen molar-refractivity contribution in [3.8, 4) is 0 Å². The van der Waals surface area contributed by atoms with E-state index in [-0.39, 0.29) is 5.97 Å². The van der Waals surface area contributed by atoms with Gasteiger partial charge >= 0.3 is 5.97 Å². The van der Waals surface area contributed by atoms with Crippen molar-refractivity contribution in [2.75, 3.05) is 7.11 Å². The summed E-state index contributed by atoms with van der Waals surface area (Å²) >= 11 is 9.21. The maximum absolute atomic E-state index is 11.6. The molecule has 0 fully saturated rings. The minimum atomic E-state index is -0.665. The number of carbonyl (C=O) groups excluding carboxylic acids is 1. The Morgan fingerprint density at radius 1 is 1.47 bits per heavy atom. The highest BCUT2D eigenvalue weighted by Gasteiger charge is 2.31. The molecule has 0 amide bonds. The molecule has 0 aliphatic rings. The molecule has 0 N–H and O–H groups in total. The van der Waals surface area contributed by atoms with E-state index in [9.17, 15) is 4.79 Å². The van der Waals surface area contributed by atoms with Gasteiger partial charge in [0.1, 0.15) is 0 Å². The zero-order valence-electron chi connectivity index (χ0n) is 8.80. The van der Waals surface area contributed by atoms with Crippen molar-refractivity contribution >= 4 is 33.5 Å². The number of benzene rings is 1. The fourth-order valence-electron chi connectivity index (χ4n) is 1.26. The number of halogens is 2. The predicted octanol–water partition coefficient (Wildman–Crippen LogP) is 3.55. The molecule has 0 aliphatic heterocycles. The maximum atomic E-state index is 11.6. The van der Waals surface area contributed by atoms with Crippen molar-refractivity contribution in [2.45, 2.75) is 19.3 Å². The molecule has 0 spiro atoms. The van der Waals surface area contributed by atoms with Crippen molar-refractivity contribution in [1.82, 2.24) is 0 Å². The Labute approximate surface area is 103 Å². The molecule has 0 heterocycles. The summed E-state index contributed by atoms with van der Waals surface area (Å²) in [7, 11) is 1.38. The van der Waals surface area contributed by atoms with Crippen LogP contribution in [0.4, 0.5) is 0 Å². The van der Waals surface area contributed by atoms with Gasteiger partial charge in [-0.2, -0.15) is 0 Å². The Balaban J connectivity index is 3.16. The Kier molecular flexibility index (Phi) is 3.79. The summed E-state index contributed by atoms with van der Waals surface area (Å²) in [6.45, 7) is 3.63. The maximum Gasteiger partial charge on any atom is 0.315 e. The summed E-state index contributed by atoms with van der Waals surface area (Å²) in [6, 6.07) is 5.41. The molecule has 0 aliphatic carbocycles. The minimum absolute atomic E-state index is 0.267. The van der Waals surface area contributed by atoms with Crippen molar-refractivity contribution in [1.29, 1.82) is 0 Å². The summed E-state index contributed by atoms with van der Waals surface area (Å²) in [5.41, 5.74) is 0.201. The van der Waals surface area contributed by atoms with Crippen LogP contribution in [0.3, 0.4) is 0 Å². The van der Waals surface area contributed by atoms with Crippen LogP contribution in [0.15, 0.2) is 22.7 Å². The van der Waals surface area contributed by atoms with E-state index >= 15 is 0 Å². The first-order valence-corrected chi connectivity index (χ1v) is 5.60. The van der Waals surface area contributed by atoms with Crippen molar-refractivity contribution in [3.05, 3.63) is 33.3 Å². The lowest BCUT2D eigenvalue weighted by atomic mass is 9.85. The van der Waals surface area contributed by atoms with Crippen molar-refractivity contribution in [2.24, 2.45) is 0 Å². The summed E-state index contributed by atoms with van der Waals surface area (Å²) in [5, 5.41) is 0.624. The average molecular weight is 292 g/mol. The molecule has 0 aromatic heterocycles. The standard InChI is InChI=1S/C11H12BrClO2/c1-11(2,10(14)15-3)7-4-5-9(13)8(12)6-7/h4-6H,1-3H3. The molecular formula is C11H12BrClO2. The van der Waals surface area contributed by atoms with Gasteiger partial charge in [0.15, 0.2) is 0 Å². The van der Waals surface area contributed by atoms with Crippen LogP contribution in [0.5, 0.6) is 0 Å². The highest BCUT2D eigenvalue weighted by molar-refractivity contribution is 9.10. The fraction of sp³-hybridized carbons (Fsp3) is 0.364. The predicted molar refractivity (Wildman–Crippen MR) is 64.2 cm³/mol. The van der Waals surface area contributed by atoms with Crippen LogP contribution in [0.2, 0.25) is 5.02 Å². The zero-order chi connectivity index (χ0) is 11.6. The van der Waals surface area contributed by atoms with E-state index in [0.717, 1.165) is 10.0 Å². The lowest BCUT2D eigenvalue weighted by molar-refractivity contribution is -0.146. The second kappa shape index (κ2) is 4.54. The van der Waals surface area contributed by atoms with Gasteiger partial charge in [0.05, 0.1) is 17.5 Å². The van der Waals surface area contributed by atoms with Gasteiger partial charge in [0.25, 0.3) is 0 Å². The Hall–Kier alpha value is -0.540. The van der Waals surface area contributed by atoms with Crippen molar-refractivity contribution < 1.29 is 9.53 Å². The van der Waals surface area contributed by atoms with Crippen LogP contribution in [0.25, 0.3) is 0 Å². The van der Waals surface area contributed by atoms with Gasteiger partial charge in [-0.05, 0) is 47.5 Å². The third-order valence-corrected chi connectivity index (χ3v) is 3.55. The zero-order valence-corrected chi connectivity index (χ0v) is 11.1. The first-order valence-electron chi connectivity index (χ1n) is 4.43. The van der Waals surface area contributed by atoms with Crippen molar-refractivity contribution in [3.63, 3.8) is 0 Å². The highest BCUT2D eigenvalue weighted by atomic mass is 79.9. The van der Waals surface area contributed by atoms with Gasteiger partial charge in [-0.25, -0.2) is 0 Å². The molecule has 1 rings (SSSR count). The first kappa shape index (κ1) is 12.5. The molecule has 1 aromatic carbocycles. The Bertz CT molecular complexity index is 388. The molecule has 15 heavy (non-hydrogen) atoms. The van der Waals surface area contributed by atoms with E-state index in [1.807, 2.05) is 26.0 Å². The molecule has 0 saturated carbocycles. The number of hydrogen-bond donors (Lipinski definition) is 0. The SMILES string of the molecule is COC(=O)C(C)(C)c1ccc(Cl)c(Br)c1. The largest absolute Gasteiger partial charge is 0.468 e. The number of hydrogen-bond acceptors (Lipinski definition) is 2. The molecular weight excluding hydrogens is 279 g/mol. The van der Waals surface area contributed by atoms with E-state index in [1.165, 1.54) is 7.11 Å². The minimum Gasteiger partial charge on any atom is -0.468 e. The highest BCUT2D eigenvalue weighted by Crippen LogP contribution is 2.30. The second-order valence-corrected chi connectivity index (χ2v) is 5.01. The lowest BCUT2D eigenvalue weighted by Crippen LogP contribution is -2.30. The van der Waals surface area contributed by atoms with E-state index in [2.05, 4.69) is 15.9 Å². The van der Waals surface area contributed by atoms with Crippen LogP contribution in [0.1, 0.15) is 19.4 Å². The Morgan fingerprint density at radius 2 is 2.07 bits per heavy atom. The number of rotatable bonds is 2. The van der Waals surface area contributed by atoms with Crippen LogP contribution < -0.4 is 0 Å². The molecule has 4 heteroatoms. The number of ether oxygens (including phenoxy) is 1. The van der Waals surface area contributed by atoms with Crippen LogP contribution in [-0.2, 0) is 14.9 Å². The molecule has 2 nitrogen and oxygen atoms in total. The molecule has 0 radical (unpaired) electrons. The molecule has 0 atom stereocenters. The average Bonchev–Trinajstić information content (AvgIpc) is 2.20. The number of methoxy groups -OCH3 is 1. The summed E-state index contributed by atoms with van der Waals surface area (Å²) in [5.74, 6) is -0.267. The van der Waals surface area contributed by atoms with E-state index in [1.54, 1.807) is 6.07 Å². The summed E-state index contributed by atoms with van der Waals surface area (Å²) in [6.07, 6.45) is 0. The third kappa shape index (κ3) is 2.52. The van der Waals surface area contributed by atoms with Crippen LogP contribution >= 0.6 is 27.5 Å². The van der Waals surface area contributed by atoms with E-state index in [4.69, 9.17) is 16.3 Å². The fourth-order valence-corrected chi connectivity index (χ4v) is 1.75. The van der Waals surface area contributed by atoms with Gasteiger partial charge in [-0.1, -0.05) is 17.7 Å². The van der Waals surface area contributed by atoms with E-state index in [0.29, 0.717) is 5.02 Å². The lowest BCUT2D eigenvalue weighted by Gasteiger charge is -2.22. The summed E-state index contributed by atoms with van der Waals surface area (Å²) < 4.78 is 5.53. The van der Waals surface area contributed by atoms with Crippen LogP contribution in [0, 0.1) is 0 Å². The molecule has 82 valence electrons. The molecule has 0 unspecified atom stereocenters. The first-order chi connectivity index (χ1) is 6.89. The smallest absolute Gasteiger partial charge is 0.315 e. The molecule has 0 bridgehead atoms. The molecule has 0 saturated heterocycles. The second-order valence-electron chi connectivity index (χ2n) is 3.75. The van der Waals surface area contributed by atoms with Gasteiger partial charge in [-0.3, -0.25) is 4.79 Å². The summed E-state index contributed by atoms with van der Waals surface area (Å²) in [4.78, 5) is 11.6. The van der Waals surface area contributed by atoms with Gasteiger partial charge in [-0.15, -0.1) is 0 Å². The van der Waals surface area contributed by atoms with E-state index < -0.39 is 5.41 Å². The topological polar surface area (TPSA) is 26.3 Å². The van der Waals surface area contributed by atoms with Gasteiger partial charge in [0, 0.05) is 4.47 Å². The number of carbonyl (C=O) groups is 1. The monoisotopic (exact) mass is 290 g/mol.